The van der Waals surface area contributed by atoms with E-state index in [-0.39, 0.29) is 12.0 Å². The Labute approximate surface area is 179 Å². The van der Waals surface area contributed by atoms with Crippen molar-refractivity contribution in [1.82, 2.24) is 10.2 Å². The van der Waals surface area contributed by atoms with Crippen molar-refractivity contribution >= 4 is 17.5 Å². The minimum Gasteiger partial charge on any atom is -0.489 e. The third kappa shape index (κ3) is 6.14. The Hall–Kier alpha value is -2.22. The maximum Gasteiger partial charge on any atom is 0.251 e. The van der Waals surface area contributed by atoms with Gasteiger partial charge >= 0.3 is 0 Å². The highest BCUT2D eigenvalue weighted by atomic mass is 35.5. The molecule has 5 nitrogen and oxygen atoms in total. The Kier molecular flexibility index (Phi) is 8.01. The third-order valence-corrected chi connectivity index (χ3v) is 5.31. The summed E-state index contributed by atoms with van der Waals surface area (Å²) in [6.45, 7) is 2.63. The SMILES string of the molecule is COCCNC(=O)c1ccc(OC2CCN(Cc3cc(F)ccc3F)CC2)c(Cl)c1. The molecule has 2 aromatic carbocycles. The van der Waals surface area contributed by atoms with Crippen LogP contribution in [0.2, 0.25) is 5.02 Å². The van der Waals surface area contributed by atoms with E-state index in [0.29, 0.717) is 54.7 Å². The number of rotatable bonds is 8. The van der Waals surface area contributed by atoms with Crippen LogP contribution in [-0.2, 0) is 11.3 Å². The van der Waals surface area contributed by atoms with Gasteiger partial charge in [0.15, 0.2) is 0 Å². The molecule has 0 bridgehead atoms. The Balaban J connectivity index is 1.51. The summed E-state index contributed by atoms with van der Waals surface area (Å²) >= 11 is 6.30. The lowest BCUT2D eigenvalue weighted by Gasteiger charge is -2.32. The lowest BCUT2D eigenvalue weighted by molar-refractivity contribution is 0.0935. The van der Waals surface area contributed by atoms with Gasteiger partial charge in [-0.2, -0.15) is 0 Å². The van der Waals surface area contributed by atoms with E-state index >= 15 is 0 Å². The summed E-state index contributed by atoms with van der Waals surface area (Å²) in [7, 11) is 1.57. The van der Waals surface area contributed by atoms with Gasteiger partial charge in [0.2, 0.25) is 0 Å². The van der Waals surface area contributed by atoms with E-state index in [2.05, 4.69) is 10.2 Å². The second kappa shape index (κ2) is 10.7. The number of amides is 1. The average Bonchev–Trinajstić information content (AvgIpc) is 2.73. The van der Waals surface area contributed by atoms with Gasteiger partial charge in [-0.3, -0.25) is 9.69 Å². The van der Waals surface area contributed by atoms with E-state index in [9.17, 15) is 13.6 Å². The van der Waals surface area contributed by atoms with Gasteiger partial charge in [0.25, 0.3) is 5.91 Å². The van der Waals surface area contributed by atoms with Crippen molar-refractivity contribution < 1.29 is 23.0 Å². The van der Waals surface area contributed by atoms with Gasteiger partial charge in [0.1, 0.15) is 23.5 Å². The van der Waals surface area contributed by atoms with Crippen molar-refractivity contribution in [3.05, 3.63) is 64.2 Å². The van der Waals surface area contributed by atoms with Crippen LogP contribution < -0.4 is 10.1 Å². The Bertz CT molecular complexity index is 873. The van der Waals surface area contributed by atoms with Crippen molar-refractivity contribution in [3.63, 3.8) is 0 Å². The van der Waals surface area contributed by atoms with E-state index in [0.717, 1.165) is 25.0 Å². The monoisotopic (exact) mass is 438 g/mol. The maximum atomic E-state index is 13.8. The second-order valence-electron chi connectivity index (χ2n) is 7.22. The molecule has 2 aromatic rings. The van der Waals surface area contributed by atoms with Gasteiger partial charge in [-0.15, -0.1) is 0 Å². The quantitative estimate of drug-likeness (QED) is 0.632. The summed E-state index contributed by atoms with van der Waals surface area (Å²) in [5.41, 5.74) is 0.812. The number of halogens is 3. The molecule has 0 aliphatic carbocycles. The third-order valence-electron chi connectivity index (χ3n) is 5.02. The van der Waals surface area contributed by atoms with Crippen molar-refractivity contribution in [2.45, 2.75) is 25.5 Å². The molecular weight excluding hydrogens is 414 g/mol. The Morgan fingerprint density at radius 1 is 1.20 bits per heavy atom. The van der Waals surface area contributed by atoms with Crippen LogP contribution in [0.4, 0.5) is 8.78 Å². The van der Waals surface area contributed by atoms with Crippen molar-refractivity contribution in [1.29, 1.82) is 0 Å². The van der Waals surface area contributed by atoms with Crippen molar-refractivity contribution in [2.24, 2.45) is 0 Å². The lowest BCUT2D eigenvalue weighted by Crippen LogP contribution is -2.38. The van der Waals surface area contributed by atoms with Crippen LogP contribution in [0, 0.1) is 11.6 Å². The summed E-state index contributed by atoms with van der Waals surface area (Å²) < 4.78 is 38.1. The predicted molar refractivity (Wildman–Crippen MR) is 111 cm³/mol. The fourth-order valence-electron chi connectivity index (χ4n) is 3.38. The number of ether oxygens (including phenoxy) is 2. The molecule has 0 spiro atoms. The van der Waals surface area contributed by atoms with Gasteiger partial charge in [-0.1, -0.05) is 11.6 Å². The molecule has 1 aliphatic heterocycles. The highest BCUT2D eigenvalue weighted by Gasteiger charge is 2.22. The molecule has 0 saturated carbocycles. The van der Waals surface area contributed by atoms with Crippen LogP contribution in [-0.4, -0.2) is 50.3 Å². The molecule has 1 aliphatic rings. The molecule has 1 fully saturated rings. The van der Waals surface area contributed by atoms with E-state index in [1.54, 1.807) is 25.3 Å². The highest BCUT2D eigenvalue weighted by Crippen LogP contribution is 2.29. The standard InChI is InChI=1S/C22H25ClF2N2O3/c1-29-11-8-26-22(28)15-2-5-21(19(23)13-15)30-18-6-9-27(10-7-18)14-16-12-17(24)3-4-20(16)25/h2-5,12-13,18H,6-11,14H2,1H3,(H,26,28). The number of methoxy groups -OCH3 is 1. The Morgan fingerprint density at radius 2 is 1.97 bits per heavy atom. The maximum absolute atomic E-state index is 13.8. The van der Waals surface area contributed by atoms with Crippen LogP contribution in [0.5, 0.6) is 5.75 Å². The van der Waals surface area contributed by atoms with Crippen LogP contribution in [0.1, 0.15) is 28.8 Å². The molecule has 0 aromatic heterocycles. The van der Waals surface area contributed by atoms with Crippen LogP contribution >= 0.6 is 11.6 Å². The summed E-state index contributed by atoms with van der Waals surface area (Å²) in [4.78, 5) is 14.2. The zero-order chi connectivity index (χ0) is 21.5. The van der Waals surface area contributed by atoms with Gasteiger partial charge in [-0.25, -0.2) is 8.78 Å². The van der Waals surface area contributed by atoms with E-state index in [1.165, 1.54) is 6.07 Å². The molecule has 1 heterocycles. The number of nitrogens with zero attached hydrogens (tertiary/aromatic N) is 1. The zero-order valence-corrected chi connectivity index (χ0v) is 17.6. The van der Waals surface area contributed by atoms with Crippen molar-refractivity contribution in [3.8, 4) is 5.75 Å². The second-order valence-corrected chi connectivity index (χ2v) is 7.63. The molecule has 8 heteroatoms. The lowest BCUT2D eigenvalue weighted by atomic mass is 10.1. The average molecular weight is 439 g/mol. The first-order valence-corrected chi connectivity index (χ1v) is 10.2. The van der Waals surface area contributed by atoms with E-state index in [4.69, 9.17) is 21.1 Å². The van der Waals surface area contributed by atoms with E-state index < -0.39 is 11.6 Å². The Morgan fingerprint density at radius 3 is 2.67 bits per heavy atom. The topological polar surface area (TPSA) is 50.8 Å². The smallest absolute Gasteiger partial charge is 0.251 e. The van der Waals surface area contributed by atoms with Crippen molar-refractivity contribution in [2.75, 3.05) is 33.4 Å². The summed E-state index contributed by atoms with van der Waals surface area (Å²) in [6.07, 6.45) is 1.46. The molecule has 1 N–H and O–H groups in total. The first kappa shape index (κ1) is 22.5. The molecule has 30 heavy (non-hydrogen) atoms. The largest absolute Gasteiger partial charge is 0.489 e. The van der Waals surface area contributed by atoms with Crippen LogP contribution in [0.3, 0.4) is 0 Å². The molecule has 1 saturated heterocycles. The fraction of sp³-hybridized carbons (Fsp3) is 0.409. The minimum atomic E-state index is -0.435. The van der Waals surface area contributed by atoms with Gasteiger partial charge in [0.05, 0.1) is 11.6 Å². The number of nitrogens with one attached hydrogen (secondary N) is 1. The van der Waals surface area contributed by atoms with Gasteiger partial charge in [0, 0.05) is 44.4 Å². The van der Waals surface area contributed by atoms with Gasteiger partial charge in [-0.05, 0) is 49.2 Å². The minimum absolute atomic E-state index is 0.0301. The van der Waals surface area contributed by atoms with E-state index in [1.807, 2.05) is 0 Å². The molecule has 0 atom stereocenters. The zero-order valence-electron chi connectivity index (χ0n) is 16.8. The first-order chi connectivity index (χ1) is 14.5. The number of hydrogen-bond acceptors (Lipinski definition) is 4. The number of hydrogen-bond donors (Lipinski definition) is 1. The molecule has 162 valence electrons. The summed E-state index contributed by atoms with van der Waals surface area (Å²) in [6, 6.07) is 8.47. The first-order valence-electron chi connectivity index (χ1n) is 9.86. The highest BCUT2D eigenvalue weighted by molar-refractivity contribution is 6.32. The molecule has 0 radical (unpaired) electrons. The number of piperidine rings is 1. The fourth-order valence-corrected chi connectivity index (χ4v) is 3.60. The van der Waals surface area contributed by atoms with Gasteiger partial charge < -0.3 is 14.8 Å². The molecule has 1 amide bonds. The molecule has 0 unspecified atom stereocenters. The normalized spacial score (nSPS) is 15.2. The summed E-state index contributed by atoms with van der Waals surface area (Å²) in [5, 5.41) is 3.11. The number of carbonyl (C=O) groups is 1. The number of benzene rings is 2. The molecule has 3 rings (SSSR count). The van der Waals surface area contributed by atoms with Crippen LogP contribution in [0.25, 0.3) is 0 Å². The predicted octanol–water partition coefficient (Wildman–Crippen LogP) is 4.04. The number of likely N-dealkylation sites (tertiary alicyclic amines) is 1. The number of carbonyl (C=O) groups excluding carboxylic acids is 1. The van der Waals surface area contributed by atoms with Crippen LogP contribution in [0.15, 0.2) is 36.4 Å². The summed E-state index contributed by atoms with van der Waals surface area (Å²) in [5.74, 6) is -0.527. The molecular formula is C22H25ClF2N2O3.